The van der Waals surface area contributed by atoms with Crippen molar-refractivity contribution in [3.05, 3.63) is 6.07 Å². The summed E-state index contributed by atoms with van der Waals surface area (Å²) in [5, 5.41) is 10.9. The molecule has 1 aromatic heterocycles. The molecule has 9 heteroatoms. The van der Waals surface area contributed by atoms with Crippen molar-refractivity contribution in [2.45, 2.75) is 71.1 Å². The molecule has 1 saturated heterocycles. The topological polar surface area (TPSA) is 104 Å². The Morgan fingerprint density at radius 3 is 2.15 bits per heavy atom. The van der Waals surface area contributed by atoms with Crippen LogP contribution in [-0.4, -0.2) is 93.5 Å². The normalized spacial score (nSPS) is 23.3. The number of nitrogen functional groups attached to an aromatic ring is 1. The van der Waals surface area contributed by atoms with E-state index in [1.54, 1.807) is 0 Å². The van der Waals surface area contributed by atoms with Crippen LogP contribution in [0.2, 0.25) is 0 Å². The third kappa shape index (κ3) is 11.0. The van der Waals surface area contributed by atoms with Crippen molar-refractivity contribution in [2.75, 3.05) is 94.6 Å². The molecule has 0 unspecified atom stereocenters. The molecule has 3 fully saturated rings. The largest absolute Gasteiger partial charge is 0.383 e. The predicted molar refractivity (Wildman–Crippen MR) is 162 cm³/mol. The molecule has 0 radical (unpaired) electrons. The Morgan fingerprint density at radius 1 is 0.846 bits per heavy atom. The van der Waals surface area contributed by atoms with Gasteiger partial charge in [-0.05, 0) is 95.8 Å². The molecule has 4 rings (SSSR count). The summed E-state index contributed by atoms with van der Waals surface area (Å²) in [5.41, 5.74) is 6.16. The van der Waals surface area contributed by atoms with Crippen molar-refractivity contribution in [3.63, 3.8) is 0 Å². The lowest BCUT2D eigenvalue weighted by atomic mass is 9.82. The average molecular weight is 545 g/mol. The molecule has 5 N–H and O–H groups in total. The second-order valence-electron chi connectivity index (χ2n) is 12.0. The highest BCUT2D eigenvalue weighted by Gasteiger charge is 2.22. The van der Waals surface area contributed by atoms with Gasteiger partial charge in [0.1, 0.15) is 11.6 Å². The van der Waals surface area contributed by atoms with Crippen molar-refractivity contribution in [2.24, 2.45) is 17.8 Å². The van der Waals surface area contributed by atoms with Crippen LogP contribution in [0.15, 0.2) is 6.07 Å². The van der Waals surface area contributed by atoms with E-state index >= 15 is 0 Å². The molecule has 2 aliphatic carbocycles. The Balaban J connectivity index is 1.06. The van der Waals surface area contributed by atoms with Gasteiger partial charge in [-0.3, -0.25) is 4.90 Å². The van der Waals surface area contributed by atoms with Gasteiger partial charge in [-0.2, -0.15) is 9.97 Å². The van der Waals surface area contributed by atoms with Crippen LogP contribution in [0.4, 0.5) is 17.6 Å². The Kier molecular flexibility index (Phi) is 13.4. The average Bonchev–Trinajstić information content (AvgIpc) is 2.97. The molecule has 0 bridgehead atoms. The van der Waals surface area contributed by atoms with Crippen molar-refractivity contribution in [1.82, 2.24) is 25.5 Å². The number of ether oxygens (including phenoxy) is 1. The maximum atomic E-state index is 6.16. The van der Waals surface area contributed by atoms with Gasteiger partial charge in [0.25, 0.3) is 0 Å². The SMILES string of the molecule is CCOCCN1CCN(c2cc(N)nc(NC[C@H]3CC[C@H](CNCCCNCC4CCCCC4)CC3)n2)CC1. The fraction of sp³-hybridized carbons (Fsp3) is 0.867. The zero-order valence-electron chi connectivity index (χ0n) is 24.6. The van der Waals surface area contributed by atoms with Gasteiger partial charge in [-0.1, -0.05) is 19.3 Å². The summed E-state index contributed by atoms with van der Waals surface area (Å²) in [5.74, 6) is 4.59. The summed E-state index contributed by atoms with van der Waals surface area (Å²) >= 11 is 0. The molecule has 39 heavy (non-hydrogen) atoms. The Morgan fingerprint density at radius 2 is 1.49 bits per heavy atom. The summed E-state index contributed by atoms with van der Waals surface area (Å²) in [6.45, 7) is 14.2. The van der Waals surface area contributed by atoms with E-state index in [0.717, 1.165) is 83.2 Å². The lowest BCUT2D eigenvalue weighted by Gasteiger charge is -2.35. The van der Waals surface area contributed by atoms with E-state index in [1.165, 1.54) is 77.3 Å². The predicted octanol–water partition coefficient (Wildman–Crippen LogP) is 3.59. The number of nitrogens with one attached hydrogen (secondary N) is 3. The highest BCUT2D eigenvalue weighted by atomic mass is 16.5. The van der Waals surface area contributed by atoms with Crippen LogP contribution in [0.25, 0.3) is 0 Å². The zero-order valence-corrected chi connectivity index (χ0v) is 24.6. The van der Waals surface area contributed by atoms with Gasteiger partial charge < -0.3 is 31.3 Å². The highest BCUT2D eigenvalue weighted by molar-refractivity contribution is 5.51. The molecular formula is C30H56N8O. The first-order valence-electron chi connectivity index (χ1n) is 16.0. The minimum Gasteiger partial charge on any atom is -0.383 e. The molecule has 0 spiro atoms. The summed E-state index contributed by atoms with van der Waals surface area (Å²) in [4.78, 5) is 14.1. The first-order chi connectivity index (χ1) is 19.2. The van der Waals surface area contributed by atoms with E-state index in [9.17, 15) is 0 Å². The maximum Gasteiger partial charge on any atom is 0.226 e. The third-order valence-corrected chi connectivity index (χ3v) is 9.00. The molecule has 0 aromatic carbocycles. The van der Waals surface area contributed by atoms with Crippen molar-refractivity contribution in [3.8, 4) is 0 Å². The number of aromatic nitrogens is 2. The van der Waals surface area contributed by atoms with Crippen LogP contribution >= 0.6 is 0 Å². The van der Waals surface area contributed by atoms with E-state index in [4.69, 9.17) is 15.5 Å². The summed E-state index contributed by atoms with van der Waals surface area (Å²) < 4.78 is 5.51. The molecule has 1 aliphatic heterocycles. The smallest absolute Gasteiger partial charge is 0.226 e. The van der Waals surface area contributed by atoms with Crippen LogP contribution in [0, 0.1) is 17.8 Å². The lowest BCUT2D eigenvalue weighted by molar-refractivity contribution is 0.111. The standard InChI is InChI=1S/C30H56N8O/c1-2-39-20-19-37-15-17-38(18-16-37)29-21-28(31)35-30(36-29)34-24-27-11-9-26(10-12-27)23-33-14-6-13-32-22-25-7-4-3-5-8-25/h21,25-27,32-33H,2-20,22-24H2,1H3,(H3,31,34,35,36)/t26-,27-. The minimum absolute atomic E-state index is 0.542. The summed E-state index contributed by atoms with van der Waals surface area (Å²) in [7, 11) is 0. The zero-order chi connectivity index (χ0) is 27.1. The van der Waals surface area contributed by atoms with Gasteiger partial charge in [0.05, 0.1) is 6.61 Å². The van der Waals surface area contributed by atoms with E-state index in [0.29, 0.717) is 17.7 Å². The van der Waals surface area contributed by atoms with Crippen LogP contribution in [0.3, 0.4) is 0 Å². The monoisotopic (exact) mass is 544 g/mol. The Hall–Kier alpha value is -1.68. The fourth-order valence-electron chi connectivity index (χ4n) is 6.45. The molecule has 222 valence electrons. The highest BCUT2D eigenvalue weighted by Crippen LogP contribution is 2.29. The van der Waals surface area contributed by atoms with Gasteiger partial charge in [0.15, 0.2) is 0 Å². The number of rotatable bonds is 16. The number of piperazine rings is 1. The maximum absolute atomic E-state index is 6.16. The summed E-state index contributed by atoms with van der Waals surface area (Å²) in [6.07, 6.45) is 13.6. The molecule has 0 atom stereocenters. The van der Waals surface area contributed by atoms with Gasteiger partial charge in [-0.25, -0.2) is 0 Å². The molecule has 0 amide bonds. The van der Waals surface area contributed by atoms with Crippen LogP contribution in [0.5, 0.6) is 0 Å². The Labute approximate surface area is 237 Å². The van der Waals surface area contributed by atoms with Gasteiger partial charge in [0.2, 0.25) is 5.95 Å². The fourth-order valence-corrected chi connectivity index (χ4v) is 6.45. The van der Waals surface area contributed by atoms with Crippen molar-refractivity contribution in [1.29, 1.82) is 0 Å². The van der Waals surface area contributed by atoms with Crippen molar-refractivity contribution >= 4 is 17.6 Å². The molecule has 2 heterocycles. The molecule has 2 saturated carbocycles. The lowest BCUT2D eigenvalue weighted by Crippen LogP contribution is -2.47. The number of hydrogen-bond donors (Lipinski definition) is 4. The van der Waals surface area contributed by atoms with Crippen molar-refractivity contribution < 1.29 is 4.74 Å². The van der Waals surface area contributed by atoms with Gasteiger partial charge in [0, 0.05) is 51.9 Å². The van der Waals surface area contributed by atoms with E-state index < -0.39 is 0 Å². The van der Waals surface area contributed by atoms with Crippen LogP contribution in [0.1, 0.15) is 71.1 Å². The Bertz CT molecular complexity index is 789. The summed E-state index contributed by atoms with van der Waals surface area (Å²) in [6, 6.07) is 1.91. The van der Waals surface area contributed by atoms with Gasteiger partial charge >= 0.3 is 0 Å². The molecule has 3 aliphatic rings. The third-order valence-electron chi connectivity index (χ3n) is 9.00. The number of hydrogen-bond acceptors (Lipinski definition) is 9. The number of nitrogens with two attached hydrogens (primary N) is 1. The minimum atomic E-state index is 0.542. The first-order valence-corrected chi connectivity index (χ1v) is 16.0. The molecule has 1 aromatic rings. The quantitative estimate of drug-likeness (QED) is 0.233. The molecule has 9 nitrogen and oxygen atoms in total. The van der Waals surface area contributed by atoms with Crippen LogP contribution in [-0.2, 0) is 4.74 Å². The first kappa shape index (κ1) is 30.3. The number of nitrogens with zero attached hydrogens (tertiary/aromatic N) is 4. The van der Waals surface area contributed by atoms with E-state index in [-0.39, 0.29) is 0 Å². The second-order valence-corrected chi connectivity index (χ2v) is 12.0. The van der Waals surface area contributed by atoms with Gasteiger partial charge in [-0.15, -0.1) is 0 Å². The number of anilines is 3. The van der Waals surface area contributed by atoms with E-state index in [2.05, 4.69) is 30.7 Å². The molecular weight excluding hydrogens is 488 g/mol. The second kappa shape index (κ2) is 17.2. The van der Waals surface area contributed by atoms with E-state index in [1.807, 2.05) is 13.0 Å². The van der Waals surface area contributed by atoms with Crippen LogP contribution < -0.4 is 26.6 Å².